The van der Waals surface area contributed by atoms with Crippen molar-refractivity contribution in [3.8, 4) is 5.75 Å². The van der Waals surface area contributed by atoms with E-state index < -0.39 is 0 Å². The third-order valence-corrected chi connectivity index (χ3v) is 4.40. The molecule has 7 nitrogen and oxygen atoms in total. The minimum atomic E-state index is 0.0669. The number of nitrogens with zero attached hydrogens (tertiary/aromatic N) is 3. The monoisotopic (exact) mass is 356 g/mol. The fourth-order valence-corrected chi connectivity index (χ4v) is 3.01. The fourth-order valence-electron chi connectivity index (χ4n) is 3.01. The smallest absolute Gasteiger partial charge is 0.275 e. The van der Waals surface area contributed by atoms with Gasteiger partial charge in [-0.25, -0.2) is 9.97 Å². The minimum absolute atomic E-state index is 0.0669. The van der Waals surface area contributed by atoms with Gasteiger partial charge in [0, 0.05) is 12.4 Å². The van der Waals surface area contributed by atoms with Gasteiger partial charge in [-0.2, -0.15) is 0 Å². The summed E-state index contributed by atoms with van der Waals surface area (Å²) < 4.78 is 5.65. The first kappa shape index (κ1) is 18.1. The molecule has 0 saturated carbocycles. The van der Waals surface area contributed by atoms with Gasteiger partial charge >= 0.3 is 0 Å². The molecule has 1 aliphatic rings. The number of aromatic nitrogens is 2. The van der Waals surface area contributed by atoms with E-state index >= 15 is 0 Å². The number of carbonyl (C=O) groups excluding carboxylic acids is 1. The largest absolute Gasteiger partial charge is 0.492 e. The normalized spacial score (nSPS) is 14.9. The Kier molecular flexibility index (Phi) is 6.38. The number of hydrogen-bond acceptors (Lipinski definition) is 5. The zero-order chi connectivity index (χ0) is 18.2. The standard InChI is InChI=1S/C19H25N5O2/c1-16-4-2-5-17(14-16)26-13-8-20-18(25)15-23-9-11-24(12-10-23)19-21-6-3-7-22-19/h2-7,14H,8-13,15H2,1H3,(H,20,25)/p+1. The lowest BCUT2D eigenvalue weighted by atomic mass is 10.2. The first-order valence-corrected chi connectivity index (χ1v) is 9.02. The molecule has 7 heteroatoms. The molecule has 1 aromatic carbocycles. The molecule has 1 saturated heterocycles. The van der Waals surface area contributed by atoms with Gasteiger partial charge in [0.15, 0.2) is 6.54 Å². The van der Waals surface area contributed by atoms with Gasteiger partial charge in [-0.3, -0.25) is 4.79 Å². The van der Waals surface area contributed by atoms with E-state index in [9.17, 15) is 4.79 Å². The second-order valence-electron chi connectivity index (χ2n) is 6.48. The number of piperazine rings is 1. The first-order valence-electron chi connectivity index (χ1n) is 9.02. The first-order chi connectivity index (χ1) is 12.7. The highest BCUT2D eigenvalue weighted by atomic mass is 16.5. The lowest BCUT2D eigenvalue weighted by Gasteiger charge is -2.31. The molecule has 2 heterocycles. The average molecular weight is 356 g/mol. The quantitative estimate of drug-likeness (QED) is 0.666. The van der Waals surface area contributed by atoms with Gasteiger partial charge in [0.05, 0.1) is 32.7 Å². The lowest BCUT2D eigenvalue weighted by molar-refractivity contribution is -0.892. The van der Waals surface area contributed by atoms with Crippen LogP contribution in [0.25, 0.3) is 0 Å². The minimum Gasteiger partial charge on any atom is -0.492 e. The molecule has 0 unspecified atom stereocenters. The van der Waals surface area contributed by atoms with Crippen molar-refractivity contribution in [2.45, 2.75) is 6.92 Å². The van der Waals surface area contributed by atoms with E-state index in [4.69, 9.17) is 4.74 Å². The Balaban J connectivity index is 1.32. The van der Waals surface area contributed by atoms with E-state index in [-0.39, 0.29) is 5.91 Å². The number of carbonyl (C=O) groups is 1. The summed E-state index contributed by atoms with van der Waals surface area (Å²) in [4.78, 5) is 24.1. The average Bonchev–Trinajstić information content (AvgIpc) is 2.67. The molecule has 1 aromatic heterocycles. The van der Waals surface area contributed by atoms with Gasteiger partial charge in [0.25, 0.3) is 5.91 Å². The van der Waals surface area contributed by atoms with E-state index in [0.29, 0.717) is 19.7 Å². The van der Waals surface area contributed by atoms with Crippen molar-refractivity contribution in [3.05, 3.63) is 48.3 Å². The van der Waals surface area contributed by atoms with E-state index in [1.165, 1.54) is 4.90 Å². The van der Waals surface area contributed by atoms with E-state index in [2.05, 4.69) is 20.2 Å². The number of anilines is 1. The predicted molar refractivity (Wildman–Crippen MR) is 99.5 cm³/mol. The molecule has 1 aliphatic heterocycles. The van der Waals surface area contributed by atoms with E-state index in [1.54, 1.807) is 12.4 Å². The summed E-state index contributed by atoms with van der Waals surface area (Å²) in [5.41, 5.74) is 1.16. The summed E-state index contributed by atoms with van der Waals surface area (Å²) in [5, 5.41) is 2.93. The molecule has 0 aliphatic carbocycles. The van der Waals surface area contributed by atoms with Crippen LogP contribution in [0, 0.1) is 6.92 Å². The molecule has 2 aromatic rings. The van der Waals surface area contributed by atoms with Gasteiger partial charge in [-0.1, -0.05) is 12.1 Å². The molecule has 0 spiro atoms. The number of ether oxygens (including phenoxy) is 1. The highest BCUT2D eigenvalue weighted by molar-refractivity contribution is 5.76. The topological polar surface area (TPSA) is 71.8 Å². The zero-order valence-corrected chi connectivity index (χ0v) is 15.1. The Labute approximate surface area is 154 Å². The molecular weight excluding hydrogens is 330 g/mol. The summed E-state index contributed by atoms with van der Waals surface area (Å²) in [6.45, 7) is 7.06. The number of amides is 1. The van der Waals surface area contributed by atoms with Gasteiger partial charge in [-0.15, -0.1) is 0 Å². The maximum atomic E-state index is 12.1. The molecule has 0 atom stereocenters. The Morgan fingerprint density at radius 2 is 2.00 bits per heavy atom. The number of nitrogens with one attached hydrogen (secondary N) is 2. The maximum absolute atomic E-state index is 12.1. The van der Waals surface area contributed by atoms with Gasteiger partial charge in [0.1, 0.15) is 12.4 Å². The second kappa shape index (κ2) is 9.15. The number of quaternary nitrogens is 1. The van der Waals surface area contributed by atoms with Crippen molar-refractivity contribution in [1.82, 2.24) is 15.3 Å². The Morgan fingerprint density at radius 3 is 2.73 bits per heavy atom. The molecule has 1 fully saturated rings. The van der Waals surface area contributed by atoms with Crippen LogP contribution in [-0.4, -0.2) is 61.8 Å². The molecule has 2 N–H and O–H groups in total. The van der Waals surface area contributed by atoms with E-state index in [0.717, 1.165) is 43.4 Å². The molecule has 138 valence electrons. The van der Waals surface area contributed by atoms with Crippen LogP contribution >= 0.6 is 0 Å². The van der Waals surface area contributed by atoms with Gasteiger partial charge < -0.3 is 19.9 Å². The number of hydrogen-bond donors (Lipinski definition) is 2. The van der Waals surface area contributed by atoms with E-state index in [1.807, 2.05) is 37.3 Å². The molecule has 1 amide bonds. The van der Waals surface area contributed by atoms with Crippen LogP contribution in [0.2, 0.25) is 0 Å². The molecule has 3 rings (SSSR count). The fraction of sp³-hybridized carbons (Fsp3) is 0.421. The van der Waals surface area contributed by atoms with Gasteiger partial charge in [0.2, 0.25) is 5.95 Å². The molecule has 0 radical (unpaired) electrons. The summed E-state index contributed by atoms with van der Waals surface area (Å²) in [6.07, 6.45) is 3.52. The highest BCUT2D eigenvalue weighted by Crippen LogP contribution is 2.11. The Morgan fingerprint density at radius 1 is 1.23 bits per heavy atom. The van der Waals surface area contributed by atoms with Crippen LogP contribution in [0.15, 0.2) is 42.7 Å². The zero-order valence-electron chi connectivity index (χ0n) is 15.1. The maximum Gasteiger partial charge on any atom is 0.275 e. The van der Waals surface area contributed by atoms with Crippen molar-refractivity contribution >= 4 is 11.9 Å². The van der Waals surface area contributed by atoms with Crippen LogP contribution in [0.3, 0.4) is 0 Å². The highest BCUT2D eigenvalue weighted by Gasteiger charge is 2.23. The van der Waals surface area contributed by atoms with Crippen LogP contribution in [-0.2, 0) is 4.79 Å². The van der Waals surface area contributed by atoms with Crippen molar-refractivity contribution in [1.29, 1.82) is 0 Å². The third-order valence-electron chi connectivity index (χ3n) is 4.40. The van der Waals surface area contributed by atoms with Crippen molar-refractivity contribution < 1.29 is 14.4 Å². The Bertz CT molecular complexity index is 702. The summed E-state index contributed by atoms with van der Waals surface area (Å²) in [5.74, 6) is 1.67. The number of benzene rings is 1. The molecular formula is C19H26N5O2+. The summed E-state index contributed by atoms with van der Waals surface area (Å²) in [6, 6.07) is 9.72. The second-order valence-corrected chi connectivity index (χ2v) is 6.48. The Hall–Kier alpha value is -2.67. The summed E-state index contributed by atoms with van der Waals surface area (Å²) in [7, 11) is 0. The van der Waals surface area contributed by atoms with Crippen LogP contribution in [0.1, 0.15) is 5.56 Å². The SMILES string of the molecule is Cc1cccc(OCCNC(=O)C[NH+]2CCN(c3ncccn3)CC2)c1. The third kappa shape index (κ3) is 5.42. The van der Waals surface area contributed by atoms with Crippen LogP contribution in [0.4, 0.5) is 5.95 Å². The number of aryl methyl sites for hydroxylation is 1. The van der Waals surface area contributed by atoms with Crippen molar-refractivity contribution in [2.24, 2.45) is 0 Å². The van der Waals surface area contributed by atoms with Crippen molar-refractivity contribution in [2.75, 3.05) is 50.8 Å². The molecule has 0 bridgehead atoms. The van der Waals surface area contributed by atoms with Crippen LogP contribution < -0.4 is 19.9 Å². The predicted octanol–water partition coefficient (Wildman–Crippen LogP) is -0.315. The summed E-state index contributed by atoms with van der Waals surface area (Å²) >= 11 is 0. The lowest BCUT2D eigenvalue weighted by Crippen LogP contribution is -3.16. The number of rotatable bonds is 7. The molecule has 26 heavy (non-hydrogen) atoms. The van der Waals surface area contributed by atoms with Crippen molar-refractivity contribution in [3.63, 3.8) is 0 Å². The van der Waals surface area contributed by atoms with Crippen LogP contribution in [0.5, 0.6) is 5.75 Å². The van der Waals surface area contributed by atoms with Gasteiger partial charge in [-0.05, 0) is 30.7 Å².